The van der Waals surface area contributed by atoms with Crippen LogP contribution in [0.5, 0.6) is 0 Å². The van der Waals surface area contributed by atoms with E-state index in [1.54, 1.807) is 30.3 Å². The summed E-state index contributed by atoms with van der Waals surface area (Å²) in [6.07, 6.45) is 0.497. The molecule has 3 aromatic rings. The number of anilines is 1. The SMILES string of the molecule is O=C1CC(N(CCc2cccc(Cl)c2)C(=O)c2cccs2)C(=O)N1c1ccc(I)cc1. The predicted molar refractivity (Wildman–Crippen MR) is 131 cm³/mol. The minimum atomic E-state index is -0.833. The van der Waals surface area contributed by atoms with Gasteiger partial charge in [0.05, 0.1) is 17.0 Å². The molecule has 0 radical (unpaired) electrons. The van der Waals surface area contributed by atoms with Crippen LogP contribution in [-0.2, 0) is 16.0 Å². The van der Waals surface area contributed by atoms with Gasteiger partial charge >= 0.3 is 0 Å². The second-order valence-electron chi connectivity index (χ2n) is 7.12. The van der Waals surface area contributed by atoms with Gasteiger partial charge < -0.3 is 4.90 Å². The van der Waals surface area contributed by atoms with Gasteiger partial charge in [-0.3, -0.25) is 14.4 Å². The minimum Gasteiger partial charge on any atom is -0.325 e. The number of hydrogen-bond donors (Lipinski definition) is 0. The molecule has 0 bridgehead atoms. The monoisotopic (exact) mass is 564 g/mol. The number of carbonyl (C=O) groups is 3. The van der Waals surface area contributed by atoms with Crippen molar-refractivity contribution in [2.75, 3.05) is 11.4 Å². The number of benzene rings is 2. The third-order valence-electron chi connectivity index (χ3n) is 5.11. The number of thiophene rings is 1. The van der Waals surface area contributed by atoms with Crippen LogP contribution in [0.25, 0.3) is 0 Å². The molecule has 0 N–H and O–H groups in total. The standard InChI is InChI=1S/C23H18ClIN2O3S/c24-16-4-1-3-15(13-16)10-11-26(23(30)20-5-2-12-31-20)19-14-21(28)27(22(19)29)18-8-6-17(25)7-9-18/h1-9,12-13,19H,10-11,14H2. The zero-order chi connectivity index (χ0) is 22.0. The number of nitrogens with zero attached hydrogens (tertiary/aromatic N) is 2. The lowest BCUT2D eigenvalue weighted by molar-refractivity contribution is -0.122. The van der Waals surface area contributed by atoms with Gasteiger partial charge in [-0.1, -0.05) is 29.8 Å². The Labute approximate surface area is 202 Å². The van der Waals surface area contributed by atoms with E-state index in [0.29, 0.717) is 28.6 Å². The fourth-order valence-corrected chi connectivity index (χ4v) is 4.85. The summed E-state index contributed by atoms with van der Waals surface area (Å²) >= 11 is 9.58. The van der Waals surface area contributed by atoms with Crippen LogP contribution in [-0.4, -0.2) is 35.2 Å². The zero-order valence-corrected chi connectivity index (χ0v) is 20.1. The molecule has 158 valence electrons. The van der Waals surface area contributed by atoms with E-state index >= 15 is 0 Å². The van der Waals surface area contributed by atoms with Crippen LogP contribution >= 0.6 is 45.5 Å². The molecule has 0 aliphatic carbocycles. The van der Waals surface area contributed by atoms with Crippen LogP contribution in [0.4, 0.5) is 5.69 Å². The molecular formula is C23H18ClIN2O3S. The van der Waals surface area contributed by atoms with Crippen LogP contribution in [0.15, 0.2) is 66.0 Å². The minimum absolute atomic E-state index is 0.0303. The Kier molecular flexibility index (Phi) is 6.74. The van der Waals surface area contributed by atoms with E-state index < -0.39 is 6.04 Å². The Bertz CT molecular complexity index is 1120. The van der Waals surface area contributed by atoms with Gasteiger partial charge in [-0.2, -0.15) is 0 Å². The topological polar surface area (TPSA) is 57.7 Å². The van der Waals surface area contributed by atoms with Crippen molar-refractivity contribution >= 4 is 68.9 Å². The molecule has 5 nitrogen and oxygen atoms in total. The fraction of sp³-hybridized carbons (Fsp3) is 0.174. The summed E-state index contributed by atoms with van der Waals surface area (Å²) in [6.45, 7) is 0.307. The van der Waals surface area contributed by atoms with Gasteiger partial charge in [0.2, 0.25) is 5.91 Å². The van der Waals surface area contributed by atoms with Gasteiger partial charge in [-0.05, 0) is 82.4 Å². The number of amides is 3. The van der Waals surface area contributed by atoms with E-state index in [1.165, 1.54) is 21.1 Å². The second kappa shape index (κ2) is 9.50. The Balaban J connectivity index is 1.61. The van der Waals surface area contributed by atoms with Crippen molar-refractivity contribution in [3.63, 3.8) is 0 Å². The summed E-state index contributed by atoms with van der Waals surface area (Å²) in [7, 11) is 0. The molecule has 8 heteroatoms. The zero-order valence-electron chi connectivity index (χ0n) is 16.3. The summed E-state index contributed by atoms with van der Waals surface area (Å²) in [4.78, 5) is 42.5. The molecular weight excluding hydrogens is 547 g/mol. The van der Waals surface area contributed by atoms with Crippen molar-refractivity contribution in [3.8, 4) is 0 Å². The van der Waals surface area contributed by atoms with Crippen LogP contribution in [0.3, 0.4) is 0 Å². The maximum absolute atomic E-state index is 13.3. The van der Waals surface area contributed by atoms with Crippen molar-refractivity contribution in [3.05, 3.63) is 85.1 Å². The van der Waals surface area contributed by atoms with Crippen molar-refractivity contribution in [1.29, 1.82) is 0 Å². The second-order valence-corrected chi connectivity index (χ2v) is 9.75. The van der Waals surface area contributed by atoms with Crippen LogP contribution < -0.4 is 4.90 Å². The number of hydrogen-bond acceptors (Lipinski definition) is 4. The quantitative estimate of drug-likeness (QED) is 0.312. The van der Waals surface area contributed by atoms with Gasteiger partial charge in [0.1, 0.15) is 6.04 Å². The Morgan fingerprint density at radius 1 is 1.13 bits per heavy atom. The van der Waals surface area contributed by atoms with E-state index in [2.05, 4.69) is 22.6 Å². The molecule has 1 unspecified atom stereocenters. The summed E-state index contributed by atoms with van der Waals surface area (Å²) in [5.74, 6) is -0.919. The molecule has 1 aliphatic heterocycles. The molecule has 3 amide bonds. The first-order valence-electron chi connectivity index (χ1n) is 9.65. The third-order valence-corrected chi connectivity index (χ3v) is 6.92. The van der Waals surface area contributed by atoms with Gasteiger partial charge in [-0.25, -0.2) is 4.90 Å². The number of carbonyl (C=O) groups excluding carboxylic acids is 3. The van der Waals surface area contributed by atoms with Crippen molar-refractivity contribution in [2.45, 2.75) is 18.9 Å². The molecule has 0 spiro atoms. The summed E-state index contributed by atoms with van der Waals surface area (Å²) in [6, 6.07) is 17.3. The highest BCUT2D eigenvalue weighted by molar-refractivity contribution is 14.1. The molecule has 1 atom stereocenters. The lowest BCUT2D eigenvalue weighted by Gasteiger charge is -2.27. The summed E-state index contributed by atoms with van der Waals surface area (Å²) in [5.41, 5.74) is 1.49. The molecule has 2 aromatic carbocycles. The largest absolute Gasteiger partial charge is 0.325 e. The van der Waals surface area contributed by atoms with Gasteiger partial charge in [-0.15, -0.1) is 11.3 Å². The smallest absolute Gasteiger partial charge is 0.264 e. The van der Waals surface area contributed by atoms with Gasteiger partial charge in [0.15, 0.2) is 0 Å². The van der Waals surface area contributed by atoms with Crippen LogP contribution in [0.2, 0.25) is 5.02 Å². The Morgan fingerprint density at radius 3 is 2.58 bits per heavy atom. The molecule has 2 heterocycles. The normalized spacial score (nSPS) is 16.1. The van der Waals surface area contributed by atoms with Crippen LogP contribution in [0, 0.1) is 3.57 Å². The highest BCUT2D eigenvalue weighted by atomic mass is 127. The summed E-state index contributed by atoms with van der Waals surface area (Å²) < 4.78 is 1.01. The average Bonchev–Trinajstić information content (AvgIpc) is 3.38. The number of rotatable bonds is 6. The van der Waals surface area contributed by atoms with E-state index in [9.17, 15) is 14.4 Å². The molecule has 1 aromatic heterocycles. The highest BCUT2D eigenvalue weighted by Gasteiger charge is 2.44. The first kappa shape index (κ1) is 22.0. The van der Waals surface area contributed by atoms with E-state index in [4.69, 9.17) is 11.6 Å². The van der Waals surface area contributed by atoms with Crippen molar-refractivity contribution in [2.24, 2.45) is 0 Å². The molecule has 4 rings (SSSR count). The number of imide groups is 1. The lowest BCUT2D eigenvalue weighted by Crippen LogP contribution is -2.46. The van der Waals surface area contributed by atoms with Crippen LogP contribution in [0.1, 0.15) is 21.7 Å². The Morgan fingerprint density at radius 2 is 1.90 bits per heavy atom. The van der Waals surface area contributed by atoms with Gasteiger partial charge in [0.25, 0.3) is 11.8 Å². The van der Waals surface area contributed by atoms with Crippen molar-refractivity contribution in [1.82, 2.24) is 4.90 Å². The van der Waals surface area contributed by atoms with Gasteiger partial charge in [0, 0.05) is 15.1 Å². The molecule has 1 aliphatic rings. The average molecular weight is 565 g/mol. The predicted octanol–water partition coefficient (Wildman–Crippen LogP) is 5.02. The maximum Gasteiger partial charge on any atom is 0.264 e. The first-order chi connectivity index (χ1) is 14.9. The van der Waals surface area contributed by atoms with E-state index in [1.807, 2.05) is 35.7 Å². The maximum atomic E-state index is 13.3. The number of halogens is 2. The van der Waals surface area contributed by atoms with E-state index in [-0.39, 0.29) is 24.1 Å². The fourth-order valence-electron chi connectivity index (χ4n) is 3.60. The van der Waals surface area contributed by atoms with Crippen molar-refractivity contribution < 1.29 is 14.4 Å². The highest BCUT2D eigenvalue weighted by Crippen LogP contribution is 2.28. The first-order valence-corrected chi connectivity index (χ1v) is 12.0. The molecule has 1 fully saturated rings. The summed E-state index contributed by atoms with van der Waals surface area (Å²) in [5, 5.41) is 2.44. The molecule has 31 heavy (non-hydrogen) atoms. The molecule has 0 saturated carbocycles. The molecule has 1 saturated heterocycles. The lowest BCUT2D eigenvalue weighted by atomic mass is 10.1. The van der Waals surface area contributed by atoms with E-state index in [0.717, 1.165) is 9.13 Å². The third kappa shape index (κ3) is 4.83. The Hall–Kier alpha value is -2.23.